The van der Waals surface area contributed by atoms with E-state index in [1.165, 1.54) is 6.42 Å². The molecule has 2 nitrogen and oxygen atoms in total. The van der Waals surface area contributed by atoms with Gasteiger partial charge in [-0.05, 0) is 13.3 Å². The van der Waals surface area contributed by atoms with E-state index >= 15 is 0 Å². The van der Waals surface area contributed by atoms with Crippen LogP contribution in [0.1, 0.15) is 20.3 Å². The van der Waals surface area contributed by atoms with E-state index in [4.69, 9.17) is 5.73 Å². The largest absolute Gasteiger partial charge is 0.316 e. The molecule has 2 atom stereocenters. The van der Waals surface area contributed by atoms with Crippen molar-refractivity contribution in [1.29, 1.82) is 0 Å². The van der Waals surface area contributed by atoms with E-state index in [-0.39, 0.29) is 6.17 Å². The third-order valence-corrected chi connectivity index (χ3v) is 4.58. The van der Waals surface area contributed by atoms with Crippen LogP contribution in [0.2, 0.25) is 19.6 Å². The monoisotopic (exact) mass is 174 g/mol. The van der Waals surface area contributed by atoms with Gasteiger partial charge in [0.2, 0.25) is 0 Å². The summed E-state index contributed by atoms with van der Waals surface area (Å²) in [6, 6.07) is 0. The Morgan fingerprint density at radius 1 is 1.36 bits per heavy atom. The maximum Gasteiger partial charge on any atom is 0.0635 e. The predicted molar refractivity (Wildman–Crippen MR) is 54.2 cm³/mol. The molecule has 0 bridgehead atoms. The molecule has 0 aliphatic rings. The molecule has 0 rings (SSSR count). The van der Waals surface area contributed by atoms with Crippen molar-refractivity contribution in [3.05, 3.63) is 0 Å². The first-order chi connectivity index (χ1) is 4.88. The van der Waals surface area contributed by atoms with Crippen LogP contribution in [0.4, 0.5) is 0 Å². The van der Waals surface area contributed by atoms with Gasteiger partial charge in [-0.15, -0.1) is 0 Å². The number of hydrogen-bond donors (Lipinski definition) is 2. The highest BCUT2D eigenvalue weighted by molar-refractivity contribution is 6.77. The van der Waals surface area contributed by atoms with Crippen LogP contribution < -0.4 is 11.1 Å². The first kappa shape index (κ1) is 11.1. The zero-order valence-electron chi connectivity index (χ0n) is 8.44. The van der Waals surface area contributed by atoms with Gasteiger partial charge in [-0.25, -0.2) is 0 Å². The number of nitrogens with two attached hydrogens (primary N) is 1. The minimum absolute atomic E-state index is 0.131. The summed E-state index contributed by atoms with van der Waals surface area (Å²) in [6.07, 6.45) is 1.32. The van der Waals surface area contributed by atoms with Crippen LogP contribution in [-0.2, 0) is 0 Å². The predicted octanol–water partition coefficient (Wildman–Crippen LogP) is 1.54. The molecule has 0 fully saturated rings. The zero-order chi connectivity index (χ0) is 9.07. The lowest BCUT2D eigenvalue weighted by Crippen LogP contribution is -2.53. The Bertz CT molecular complexity index is 107. The topological polar surface area (TPSA) is 38.0 Å². The van der Waals surface area contributed by atoms with Crippen molar-refractivity contribution in [1.82, 2.24) is 5.32 Å². The van der Waals surface area contributed by atoms with E-state index in [9.17, 15) is 0 Å². The summed E-state index contributed by atoms with van der Waals surface area (Å²) < 4.78 is 0. The summed E-state index contributed by atoms with van der Waals surface area (Å²) >= 11 is 0. The first-order valence-electron chi connectivity index (χ1n) is 4.39. The lowest BCUT2D eigenvalue weighted by Gasteiger charge is -2.30. The molecule has 0 spiro atoms. The highest BCUT2D eigenvalue weighted by Gasteiger charge is 2.24. The number of nitrogens with one attached hydrogen (secondary N) is 1. The molecule has 0 saturated heterocycles. The van der Waals surface area contributed by atoms with E-state index in [1.807, 2.05) is 6.92 Å². The second-order valence-electron chi connectivity index (χ2n) is 4.28. The molecule has 0 radical (unpaired) electrons. The van der Waals surface area contributed by atoms with E-state index in [0.29, 0.717) is 5.67 Å². The highest BCUT2D eigenvalue weighted by atomic mass is 28.3. The molecule has 0 saturated carbocycles. The molecule has 0 amide bonds. The van der Waals surface area contributed by atoms with E-state index in [2.05, 4.69) is 31.9 Å². The maximum atomic E-state index is 5.68. The van der Waals surface area contributed by atoms with Gasteiger partial charge in [-0.2, -0.15) is 0 Å². The normalized spacial score (nSPS) is 18.0. The Kier molecular flexibility index (Phi) is 4.29. The molecule has 3 N–H and O–H groups in total. The van der Waals surface area contributed by atoms with Crippen molar-refractivity contribution in [2.75, 3.05) is 0 Å². The Labute approximate surface area is 71.6 Å². The average Bonchev–Trinajstić information content (AvgIpc) is 1.79. The van der Waals surface area contributed by atoms with Crippen molar-refractivity contribution >= 4 is 8.07 Å². The summed E-state index contributed by atoms with van der Waals surface area (Å²) in [7, 11) is -1.04. The quantitative estimate of drug-likeness (QED) is 0.501. The minimum atomic E-state index is -1.04. The van der Waals surface area contributed by atoms with Gasteiger partial charge in [-0.1, -0.05) is 26.6 Å². The Morgan fingerprint density at radius 3 is 1.91 bits per heavy atom. The van der Waals surface area contributed by atoms with Gasteiger partial charge in [-0.3, -0.25) is 0 Å². The Balaban J connectivity index is 3.96. The Morgan fingerprint density at radius 2 is 1.82 bits per heavy atom. The van der Waals surface area contributed by atoms with Gasteiger partial charge >= 0.3 is 0 Å². The highest BCUT2D eigenvalue weighted by Crippen LogP contribution is 2.10. The van der Waals surface area contributed by atoms with Gasteiger partial charge in [0.15, 0.2) is 0 Å². The van der Waals surface area contributed by atoms with Crippen LogP contribution in [0.5, 0.6) is 0 Å². The summed E-state index contributed by atoms with van der Waals surface area (Å²) in [5.74, 6) is 0. The smallest absolute Gasteiger partial charge is 0.0635 e. The maximum absolute atomic E-state index is 5.68. The fraction of sp³-hybridized carbons (Fsp3) is 1.00. The Hall–Kier alpha value is 0.137. The summed E-state index contributed by atoms with van der Waals surface area (Å²) in [4.78, 5) is 0. The lowest BCUT2D eigenvalue weighted by molar-refractivity contribution is 0.517. The third kappa shape index (κ3) is 4.56. The van der Waals surface area contributed by atoms with E-state index in [0.717, 1.165) is 0 Å². The molecular weight excluding hydrogens is 152 g/mol. The van der Waals surface area contributed by atoms with Gasteiger partial charge in [0.05, 0.1) is 14.2 Å². The molecule has 0 aliphatic heterocycles. The molecule has 0 aromatic carbocycles. The number of rotatable bonds is 4. The summed E-state index contributed by atoms with van der Waals surface area (Å²) in [5, 5.41) is 3.41. The van der Waals surface area contributed by atoms with Crippen LogP contribution in [0.3, 0.4) is 0 Å². The zero-order valence-corrected chi connectivity index (χ0v) is 9.44. The van der Waals surface area contributed by atoms with Gasteiger partial charge in [0.1, 0.15) is 0 Å². The molecule has 11 heavy (non-hydrogen) atoms. The van der Waals surface area contributed by atoms with Crippen molar-refractivity contribution in [3.8, 4) is 0 Å². The van der Waals surface area contributed by atoms with Crippen LogP contribution in [0, 0.1) is 0 Å². The first-order valence-corrected chi connectivity index (χ1v) is 7.97. The molecular formula is C8H22N2Si. The summed E-state index contributed by atoms with van der Waals surface area (Å²) in [5.41, 5.74) is 6.33. The fourth-order valence-corrected chi connectivity index (χ4v) is 3.29. The molecule has 68 valence electrons. The van der Waals surface area contributed by atoms with Crippen molar-refractivity contribution < 1.29 is 0 Å². The molecule has 0 aromatic rings. The van der Waals surface area contributed by atoms with Crippen LogP contribution in [-0.4, -0.2) is 19.9 Å². The lowest BCUT2D eigenvalue weighted by atomic mass is 10.4. The SMILES string of the molecule is CCC(NC(C)N)[Si](C)(C)C. The van der Waals surface area contributed by atoms with Gasteiger partial charge in [0, 0.05) is 5.67 Å². The molecule has 0 aromatic heterocycles. The third-order valence-electron chi connectivity index (χ3n) is 1.92. The number of hydrogen-bond acceptors (Lipinski definition) is 2. The van der Waals surface area contributed by atoms with Crippen molar-refractivity contribution in [2.24, 2.45) is 5.73 Å². The summed E-state index contributed by atoms with van der Waals surface area (Å²) in [6.45, 7) is 11.3. The van der Waals surface area contributed by atoms with Crippen LogP contribution in [0.25, 0.3) is 0 Å². The minimum Gasteiger partial charge on any atom is -0.316 e. The molecule has 0 aliphatic carbocycles. The van der Waals surface area contributed by atoms with E-state index in [1.54, 1.807) is 0 Å². The second kappa shape index (κ2) is 4.23. The standard InChI is InChI=1S/C8H22N2Si/c1-6-8(10-7(2)9)11(3,4)5/h7-8,10H,6,9H2,1-5H3. The molecule has 3 heteroatoms. The molecule has 0 heterocycles. The van der Waals surface area contributed by atoms with Gasteiger partial charge in [0.25, 0.3) is 0 Å². The molecule has 2 unspecified atom stereocenters. The second-order valence-corrected chi connectivity index (χ2v) is 9.71. The van der Waals surface area contributed by atoms with Crippen LogP contribution in [0.15, 0.2) is 0 Å². The van der Waals surface area contributed by atoms with E-state index < -0.39 is 8.07 Å². The average molecular weight is 174 g/mol. The fourth-order valence-electron chi connectivity index (χ4n) is 1.30. The van der Waals surface area contributed by atoms with Crippen LogP contribution >= 0.6 is 0 Å². The van der Waals surface area contributed by atoms with Crippen molar-refractivity contribution in [3.63, 3.8) is 0 Å². The van der Waals surface area contributed by atoms with Crippen molar-refractivity contribution in [2.45, 2.75) is 51.7 Å². The van der Waals surface area contributed by atoms with Gasteiger partial charge < -0.3 is 11.1 Å².